The number of aromatic nitrogens is 3. The van der Waals surface area contributed by atoms with Crippen molar-refractivity contribution >= 4 is 5.82 Å². The summed E-state index contributed by atoms with van der Waals surface area (Å²) >= 11 is 0. The van der Waals surface area contributed by atoms with Crippen LogP contribution in [0.3, 0.4) is 0 Å². The molecule has 6 nitrogen and oxygen atoms in total. The summed E-state index contributed by atoms with van der Waals surface area (Å²) in [6.45, 7) is 0.674. The van der Waals surface area contributed by atoms with E-state index in [4.69, 9.17) is 15.0 Å². The molecule has 20 heavy (non-hydrogen) atoms. The SMILES string of the molecule is COc1ccc(Cn2cccn2)cc1-c1cc(N)no1. The number of hydrogen-bond acceptors (Lipinski definition) is 5. The molecule has 0 amide bonds. The fourth-order valence-corrected chi connectivity index (χ4v) is 2.04. The summed E-state index contributed by atoms with van der Waals surface area (Å²) < 4.78 is 12.4. The monoisotopic (exact) mass is 270 g/mol. The summed E-state index contributed by atoms with van der Waals surface area (Å²) in [6, 6.07) is 9.44. The van der Waals surface area contributed by atoms with E-state index in [2.05, 4.69) is 10.3 Å². The molecule has 0 fully saturated rings. The molecule has 6 heteroatoms. The molecule has 0 saturated heterocycles. The average molecular weight is 270 g/mol. The molecule has 1 aromatic carbocycles. The van der Waals surface area contributed by atoms with E-state index in [1.165, 1.54) is 0 Å². The minimum absolute atomic E-state index is 0.347. The summed E-state index contributed by atoms with van der Waals surface area (Å²) in [7, 11) is 1.62. The first-order valence-corrected chi connectivity index (χ1v) is 6.13. The van der Waals surface area contributed by atoms with Gasteiger partial charge in [-0.05, 0) is 23.8 Å². The molecule has 0 unspecified atom stereocenters. The maximum Gasteiger partial charge on any atom is 0.172 e. The molecule has 0 aliphatic carbocycles. The van der Waals surface area contributed by atoms with Crippen LogP contribution in [-0.2, 0) is 6.54 Å². The van der Waals surface area contributed by atoms with Crippen LogP contribution >= 0.6 is 0 Å². The van der Waals surface area contributed by atoms with Crippen molar-refractivity contribution < 1.29 is 9.26 Å². The minimum Gasteiger partial charge on any atom is -0.496 e. The van der Waals surface area contributed by atoms with E-state index >= 15 is 0 Å². The second-order valence-electron chi connectivity index (χ2n) is 4.35. The molecule has 3 rings (SSSR count). The van der Waals surface area contributed by atoms with Gasteiger partial charge in [-0.3, -0.25) is 4.68 Å². The molecule has 0 atom stereocenters. The number of benzene rings is 1. The van der Waals surface area contributed by atoms with Gasteiger partial charge in [0.2, 0.25) is 0 Å². The van der Waals surface area contributed by atoms with E-state index in [0.717, 1.165) is 11.1 Å². The van der Waals surface area contributed by atoms with Gasteiger partial charge in [-0.2, -0.15) is 5.10 Å². The van der Waals surface area contributed by atoms with Crippen molar-refractivity contribution in [3.8, 4) is 17.1 Å². The lowest BCUT2D eigenvalue weighted by Crippen LogP contribution is -2.00. The van der Waals surface area contributed by atoms with Crippen LogP contribution in [0, 0.1) is 0 Å². The van der Waals surface area contributed by atoms with Gasteiger partial charge in [-0.15, -0.1) is 0 Å². The zero-order valence-corrected chi connectivity index (χ0v) is 11.0. The van der Waals surface area contributed by atoms with Crippen molar-refractivity contribution in [2.75, 3.05) is 12.8 Å². The van der Waals surface area contributed by atoms with Gasteiger partial charge < -0.3 is 15.0 Å². The van der Waals surface area contributed by atoms with Crippen molar-refractivity contribution in [1.29, 1.82) is 0 Å². The van der Waals surface area contributed by atoms with Crippen molar-refractivity contribution in [3.63, 3.8) is 0 Å². The number of nitrogens with two attached hydrogens (primary N) is 1. The van der Waals surface area contributed by atoms with Crippen LogP contribution in [-0.4, -0.2) is 22.0 Å². The highest BCUT2D eigenvalue weighted by atomic mass is 16.5. The lowest BCUT2D eigenvalue weighted by Gasteiger charge is -2.08. The Balaban J connectivity index is 1.98. The Hall–Kier alpha value is -2.76. The van der Waals surface area contributed by atoms with Crippen LogP contribution in [0.15, 0.2) is 47.2 Å². The first-order chi connectivity index (χ1) is 9.76. The molecular formula is C14H14N4O2. The number of hydrogen-bond donors (Lipinski definition) is 1. The number of methoxy groups -OCH3 is 1. The summed E-state index contributed by atoms with van der Waals surface area (Å²) in [6.07, 6.45) is 3.66. The normalized spacial score (nSPS) is 10.7. The Labute approximate surface area is 115 Å². The third kappa shape index (κ3) is 2.35. The molecule has 0 radical (unpaired) electrons. The molecule has 0 bridgehead atoms. The predicted molar refractivity (Wildman–Crippen MR) is 74.2 cm³/mol. The van der Waals surface area contributed by atoms with Gasteiger partial charge in [0.05, 0.1) is 19.2 Å². The zero-order valence-electron chi connectivity index (χ0n) is 11.0. The van der Waals surface area contributed by atoms with Crippen LogP contribution in [0.25, 0.3) is 11.3 Å². The Morgan fingerprint density at radius 3 is 2.90 bits per heavy atom. The highest BCUT2D eigenvalue weighted by molar-refractivity contribution is 5.68. The highest BCUT2D eigenvalue weighted by Gasteiger charge is 2.12. The lowest BCUT2D eigenvalue weighted by molar-refractivity contribution is 0.406. The Morgan fingerprint density at radius 1 is 1.35 bits per heavy atom. The largest absolute Gasteiger partial charge is 0.496 e. The fourth-order valence-electron chi connectivity index (χ4n) is 2.04. The van der Waals surface area contributed by atoms with Gasteiger partial charge in [0.25, 0.3) is 0 Å². The van der Waals surface area contributed by atoms with E-state index in [-0.39, 0.29) is 0 Å². The van der Waals surface area contributed by atoms with Crippen LogP contribution in [0.4, 0.5) is 5.82 Å². The molecule has 0 saturated carbocycles. The number of ether oxygens (including phenoxy) is 1. The fraction of sp³-hybridized carbons (Fsp3) is 0.143. The third-order valence-electron chi connectivity index (χ3n) is 2.96. The van der Waals surface area contributed by atoms with Crippen molar-refractivity contribution in [2.45, 2.75) is 6.54 Å². The molecule has 0 aliphatic rings. The molecule has 2 N–H and O–H groups in total. The highest BCUT2D eigenvalue weighted by Crippen LogP contribution is 2.32. The van der Waals surface area contributed by atoms with Crippen LogP contribution in [0.2, 0.25) is 0 Å². The quantitative estimate of drug-likeness (QED) is 0.786. The van der Waals surface area contributed by atoms with E-state index in [1.807, 2.05) is 35.1 Å². The van der Waals surface area contributed by atoms with Crippen molar-refractivity contribution in [3.05, 3.63) is 48.3 Å². The van der Waals surface area contributed by atoms with E-state index in [1.54, 1.807) is 19.4 Å². The summed E-state index contributed by atoms with van der Waals surface area (Å²) in [5, 5.41) is 7.89. The van der Waals surface area contributed by atoms with Gasteiger partial charge in [-0.1, -0.05) is 11.2 Å². The molecule has 2 aromatic heterocycles. The van der Waals surface area contributed by atoms with E-state index in [0.29, 0.717) is 23.9 Å². The maximum absolute atomic E-state index is 5.60. The molecule has 0 spiro atoms. The minimum atomic E-state index is 0.347. The third-order valence-corrected chi connectivity index (χ3v) is 2.96. The summed E-state index contributed by atoms with van der Waals surface area (Å²) in [5.41, 5.74) is 7.50. The van der Waals surface area contributed by atoms with Gasteiger partial charge in [-0.25, -0.2) is 0 Å². The smallest absolute Gasteiger partial charge is 0.172 e. The first kappa shape index (κ1) is 12.3. The topological polar surface area (TPSA) is 79.1 Å². The molecule has 2 heterocycles. The number of nitrogens with zero attached hydrogens (tertiary/aromatic N) is 3. The summed E-state index contributed by atoms with van der Waals surface area (Å²) in [4.78, 5) is 0. The summed E-state index contributed by atoms with van der Waals surface area (Å²) in [5.74, 6) is 1.64. The van der Waals surface area contributed by atoms with Crippen LogP contribution in [0.5, 0.6) is 5.75 Å². The van der Waals surface area contributed by atoms with Gasteiger partial charge in [0.15, 0.2) is 11.6 Å². The van der Waals surface area contributed by atoms with E-state index in [9.17, 15) is 0 Å². The van der Waals surface area contributed by atoms with Crippen LogP contribution < -0.4 is 10.5 Å². The Bertz CT molecular complexity index is 704. The van der Waals surface area contributed by atoms with E-state index < -0.39 is 0 Å². The lowest BCUT2D eigenvalue weighted by atomic mass is 10.1. The molecular weight excluding hydrogens is 256 g/mol. The standard InChI is InChI=1S/C14H14N4O2/c1-19-12-4-3-10(9-18-6-2-5-16-18)7-11(12)13-8-14(15)17-20-13/h2-8H,9H2,1H3,(H2,15,17). The zero-order chi connectivity index (χ0) is 13.9. The Morgan fingerprint density at radius 2 is 2.25 bits per heavy atom. The second kappa shape index (κ2) is 5.08. The Kier molecular flexibility index (Phi) is 3.12. The number of nitrogen functional groups attached to an aromatic ring is 1. The first-order valence-electron chi connectivity index (χ1n) is 6.13. The average Bonchev–Trinajstić information content (AvgIpc) is 3.10. The van der Waals surface area contributed by atoms with Crippen LogP contribution in [0.1, 0.15) is 5.56 Å². The molecule has 3 aromatic rings. The maximum atomic E-state index is 5.60. The van der Waals surface area contributed by atoms with Crippen molar-refractivity contribution in [2.24, 2.45) is 0 Å². The van der Waals surface area contributed by atoms with Gasteiger partial charge in [0, 0.05) is 18.5 Å². The number of rotatable bonds is 4. The number of anilines is 1. The van der Waals surface area contributed by atoms with Gasteiger partial charge in [0.1, 0.15) is 5.75 Å². The van der Waals surface area contributed by atoms with Crippen molar-refractivity contribution in [1.82, 2.24) is 14.9 Å². The predicted octanol–water partition coefficient (Wildman–Crippen LogP) is 2.18. The molecule has 102 valence electrons. The second-order valence-corrected chi connectivity index (χ2v) is 4.35. The van der Waals surface area contributed by atoms with Gasteiger partial charge >= 0.3 is 0 Å². The molecule has 0 aliphatic heterocycles.